The van der Waals surface area contributed by atoms with Crippen LogP contribution in [-0.4, -0.2) is 63.0 Å². The van der Waals surface area contributed by atoms with Crippen molar-refractivity contribution < 1.29 is 22.7 Å². The number of benzene rings is 2. The standard InChI is InChI=1S/C21H25ClN2O5S2/c1-16-2-7-19(31(26,27)24-8-10-28-11-9-24)14-20(16)23-21(25)15-30-13-12-29-18-5-3-17(22)4-6-18/h2-7,14H,8-13,15H2,1H3,(H,23,25). The Morgan fingerprint density at radius 1 is 1.19 bits per heavy atom. The quantitative estimate of drug-likeness (QED) is 0.549. The van der Waals surface area contributed by atoms with Gasteiger partial charge in [0.25, 0.3) is 0 Å². The van der Waals surface area contributed by atoms with Crippen molar-refractivity contribution in [3.8, 4) is 5.75 Å². The summed E-state index contributed by atoms with van der Waals surface area (Å²) < 4.78 is 37.9. The van der Waals surface area contributed by atoms with Gasteiger partial charge in [-0.3, -0.25) is 4.79 Å². The minimum atomic E-state index is -3.62. The van der Waals surface area contributed by atoms with Gasteiger partial charge in [0.1, 0.15) is 5.75 Å². The highest BCUT2D eigenvalue weighted by Gasteiger charge is 2.26. The first-order valence-electron chi connectivity index (χ1n) is 9.81. The number of anilines is 1. The molecule has 2 aromatic carbocycles. The maximum absolute atomic E-state index is 12.8. The second-order valence-corrected chi connectivity index (χ2v) is 10.4. The van der Waals surface area contributed by atoms with E-state index in [4.69, 9.17) is 21.1 Å². The molecule has 10 heteroatoms. The molecule has 1 amide bonds. The molecular formula is C21H25ClN2O5S2. The summed E-state index contributed by atoms with van der Waals surface area (Å²) in [7, 11) is -3.62. The molecule has 0 atom stereocenters. The van der Waals surface area contributed by atoms with E-state index in [1.807, 2.05) is 6.92 Å². The first-order chi connectivity index (χ1) is 14.9. The van der Waals surface area contributed by atoms with Gasteiger partial charge in [0.2, 0.25) is 15.9 Å². The van der Waals surface area contributed by atoms with E-state index in [1.54, 1.807) is 36.4 Å². The second kappa shape index (κ2) is 11.2. The van der Waals surface area contributed by atoms with Gasteiger partial charge in [-0.1, -0.05) is 17.7 Å². The van der Waals surface area contributed by atoms with Crippen LogP contribution in [0.15, 0.2) is 47.4 Å². The maximum atomic E-state index is 12.8. The molecule has 0 unspecified atom stereocenters. The third-order valence-electron chi connectivity index (χ3n) is 4.63. The molecule has 1 heterocycles. The highest BCUT2D eigenvalue weighted by Crippen LogP contribution is 2.24. The van der Waals surface area contributed by atoms with E-state index >= 15 is 0 Å². The zero-order valence-electron chi connectivity index (χ0n) is 17.2. The summed E-state index contributed by atoms with van der Waals surface area (Å²) in [6.07, 6.45) is 0. The van der Waals surface area contributed by atoms with Crippen LogP contribution < -0.4 is 10.1 Å². The largest absolute Gasteiger partial charge is 0.493 e. The van der Waals surface area contributed by atoms with Crippen molar-refractivity contribution in [1.29, 1.82) is 0 Å². The first kappa shape index (κ1) is 23.9. The monoisotopic (exact) mass is 484 g/mol. The highest BCUT2D eigenvalue weighted by molar-refractivity contribution is 7.99. The van der Waals surface area contributed by atoms with Gasteiger partial charge in [-0.15, -0.1) is 11.8 Å². The van der Waals surface area contributed by atoms with Gasteiger partial charge in [-0.2, -0.15) is 4.31 Å². The fourth-order valence-corrected chi connectivity index (χ4v) is 5.10. The minimum absolute atomic E-state index is 0.166. The van der Waals surface area contributed by atoms with Crippen molar-refractivity contribution >= 4 is 45.0 Å². The fraction of sp³-hybridized carbons (Fsp3) is 0.381. The van der Waals surface area contributed by atoms with Gasteiger partial charge in [-0.05, 0) is 48.9 Å². The van der Waals surface area contributed by atoms with Crippen LogP contribution in [0.1, 0.15) is 5.56 Å². The van der Waals surface area contributed by atoms with Crippen LogP contribution >= 0.6 is 23.4 Å². The average Bonchev–Trinajstić information content (AvgIpc) is 2.77. The van der Waals surface area contributed by atoms with E-state index in [0.717, 1.165) is 11.3 Å². The van der Waals surface area contributed by atoms with Gasteiger partial charge < -0.3 is 14.8 Å². The van der Waals surface area contributed by atoms with Crippen LogP contribution in [0.25, 0.3) is 0 Å². The molecule has 1 saturated heterocycles. The lowest BCUT2D eigenvalue weighted by molar-refractivity contribution is -0.113. The Balaban J connectivity index is 1.50. The molecule has 0 radical (unpaired) electrons. The number of hydrogen-bond acceptors (Lipinski definition) is 6. The summed E-state index contributed by atoms with van der Waals surface area (Å²) in [5.74, 6) is 1.41. The molecule has 31 heavy (non-hydrogen) atoms. The van der Waals surface area contributed by atoms with Gasteiger partial charge in [0.15, 0.2) is 0 Å². The van der Waals surface area contributed by atoms with Crippen molar-refractivity contribution in [1.82, 2.24) is 4.31 Å². The maximum Gasteiger partial charge on any atom is 0.243 e. The molecule has 2 aromatic rings. The van der Waals surface area contributed by atoms with E-state index < -0.39 is 10.0 Å². The number of nitrogens with one attached hydrogen (secondary N) is 1. The minimum Gasteiger partial charge on any atom is -0.493 e. The Morgan fingerprint density at radius 2 is 1.90 bits per heavy atom. The Morgan fingerprint density at radius 3 is 2.61 bits per heavy atom. The predicted molar refractivity (Wildman–Crippen MR) is 124 cm³/mol. The smallest absolute Gasteiger partial charge is 0.243 e. The molecule has 7 nitrogen and oxygen atoms in total. The average molecular weight is 485 g/mol. The summed E-state index contributed by atoms with van der Waals surface area (Å²) in [4.78, 5) is 12.5. The fourth-order valence-electron chi connectivity index (χ4n) is 2.93. The number of hydrogen-bond donors (Lipinski definition) is 1. The number of nitrogens with zero attached hydrogens (tertiary/aromatic N) is 1. The number of amides is 1. The topological polar surface area (TPSA) is 84.9 Å². The summed E-state index contributed by atoms with van der Waals surface area (Å²) in [6.45, 7) is 3.71. The molecule has 1 aliphatic rings. The zero-order valence-corrected chi connectivity index (χ0v) is 19.6. The van der Waals surface area contributed by atoms with E-state index in [9.17, 15) is 13.2 Å². The molecule has 1 fully saturated rings. The molecule has 168 valence electrons. The highest BCUT2D eigenvalue weighted by atomic mass is 35.5. The van der Waals surface area contributed by atoms with Gasteiger partial charge in [-0.25, -0.2) is 8.42 Å². The number of morpholine rings is 1. The molecule has 0 saturated carbocycles. The SMILES string of the molecule is Cc1ccc(S(=O)(=O)N2CCOCC2)cc1NC(=O)CSCCOc1ccc(Cl)cc1. The Kier molecular flexibility index (Phi) is 8.62. The lowest BCUT2D eigenvalue weighted by Crippen LogP contribution is -2.40. The van der Waals surface area contributed by atoms with Crippen molar-refractivity contribution in [3.05, 3.63) is 53.1 Å². The molecule has 0 aromatic heterocycles. The number of carbonyl (C=O) groups is 1. The van der Waals surface area contributed by atoms with Gasteiger partial charge in [0.05, 0.1) is 30.5 Å². The van der Waals surface area contributed by atoms with Crippen molar-refractivity contribution in [2.45, 2.75) is 11.8 Å². The van der Waals surface area contributed by atoms with Gasteiger partial charge in [0, 0.05) is 29.6 Å². The number of carbonyl (C=O) groups excluding carboxylic acids is 1. The summed E-state index contributed by atoms with van der Waals surface area (Å²) in [5.41, 5.74) is 1.29. The second-order valence-electron chi connectivity index (χ2n) is 6.90. The summed E-state index contributed by atoms with van der Waals surface area (Å²) >= 11 is 7.27. The lowest BCUT2D eigenvalue weighted by atomic mass is 10.2. The predicted octanol–water partition coefficient (Wildman–Crippen LogP) is 3.42. The Hall–Kier alpha value is -1.78. The van der Waals surface area contributed by atoms with E-state index in [0.29, 0.717) is 49.4 Å². The molecule has 3 rings (SSSR count). The van der Waals surface area contributed by atoms with Crippen LogP contribution in [0.2, 0.25) is 5.02 Å². The number of rotatable bonds is 9. The first-order valence-corrected chi connectivity index (χ1v) is 12.8. The molecule has 1 N–H and O–H groups in total. The molecule has 0 aliphatic carbocycles. The van der Waals surface area contributed by atoms with E-state index in [1.165, 1.54) is 22.1 Å². The Bertz CT molecular complexity index is 993. The number of aryl methyl sites for hydroxylation is 1. The van der Waals surface area contributed by atoms with E-state index in [-0.39, 0.29) is 16.6 Å². The normalized spacial score (nSPS) is 14.9. The lowest BCUT2D eigenvalue weighted by Gasteiger charge is -2.26. The van der Waals surface area contributed by atoms with Crippen molar-refractivity contribution in [2.75, 3.05) is 49.7 Å². The van der Waals surface area contributed by atoms with Crippen LogP contribution in [0, 0.1) is 6.92 Å². The third-order valence-corrected chi connectivity index (χ3v) is 7.70. The molecule has 0 bridgehead atoms. The van der Waals surface area contributed by atoms with E-state index in [2.05, 4.69) is 5.32 Å². The molecule has 0 spiro atoms. The summed E-state index contributed by atoms with van der Waals surface area (Å²) in [5, 5.41) is 3.47. The van der Waals surface area contributed by atoms with Crippen molar-refractivity contribution in [2.24, 2.45) is 0 Å². The van der Waals surface area contributed by atoms with Gasteiger partial charge >= 0.3 is 0 Å². The molecular weight excluding hydrogens is 460 g/mol. The Labute approximate surface area is 192 Å². The third kappa shape index (κ3) is 6.85. The summed E-state index contributed by atoms with van der Waals surface area (Å²) in [6, 6.07) is 11.9. The molecule has 1 aliphatic heterocycles. The number of ether oxygens (including phenoxy) is 2. The number of thioether (sulfide) groups is 1. The number of halogens is 1. The van der Waals surface area contributed by atoms with Crippen molar-refractivity contribution in [3.63, 3.8) is 0 Å². The zero-order chi connectivity index (χ0) is 22.3. The number of sulfonamides is 1. The van der Waals surface area contributed by atoms with Crippen LogP contribution in [0.4, 0.5) is 5.69 Å². The van der Waals surface area contributed by atoms with Crippen LogP contribution in [0.5, 0.6) is 5.75 Å². The van der Waals surface area contributed by atoms with Crippen LogP contribution in [0.3, 0.4) is 0 Å². The van der Waals surface area contributed by atoms with Crippen LogP contribution in [-0.2, 0) is 19.6 Å².